The second kappa shape index (κ2) is 5.61. The molecule has 2 aliphatic rings. The molecular weight excluding hydrogens is 362 g/mol. The zero-order chi connectivity index (χ0) is 19.7. The van der Waals surface area contributed by atoms with Crippen molar-refractivity contribution in [1.29, 1.82) is 0 Å². The Morgan fingerprint density at radius 1 is 0.500 bits per heavy atom. The molecule has 4 aromatic carbocycles. The van der Waals surface area contributed by atoms with Crippen molar-refractivity contribution in [3.05, 3.63) is 137 Å². The maximum atomic E-state index is 2.37. The van der Waals surface area contributed by atoms with Crippen molar-refractivity contribution in [3.63, 3.8) is 0 Å². The van der Waals surface area contributed by atoms with Crippen LogP contribution in [-0.2, 0) is 5.41 Å². The van der Waals surface area contributed by atoms with Gasteiger partial charge in [0.05, 0.1) is 16.6 Å². The van der Waals surface area contributed by atoms with Gasteiger partial charge in [-0.3, -0.25) is 0 Å². The SMILES string of the molecule is C1=Cc2ccccc2C2(c3ccccc31)c1ccccc1-n1ccc3cccc2c31. The molecule has 0 bridgehead atoms. The molecule has 0 radical (unpaired) electrons. The largest absolute Gasteiger partial charge is 0.316 e. The summed E-state index contributed by atoms with van der Waals surface area (Å²) in [5.74, 6) is 0. The highest BCUT2D eigenvalue weighted by Gasteiger charge is 2.46. The summed E-state index contributed by atoms with van der Waals surface area (Å²) in [6.07, 6.45) is 6.77. The van der Waals surface area contributed by atoms with Gasteiger partial charge in [0.15, 0.2) is 0 Å². The van der Waals surface area contributed by atoms with Crippen LogP contribution in [0.15, 0.2) is 103 Å². The zero-order valence-electron chi connectivity index (χ0n) is 16.4. The summed E-state index contributed by atoms with van der Waals surface area (Å²) in [6, 6.07) is 35.7. The molecule has 1 aromatic heterocycles. The maximum absolute atomic E-state index is 2.37. The molecule has 0 atom stereocenters. The minimum absolute atomic E-state index is 0.360. The highest BCUT2D eigenvalue weighted by molar-refractivity contribution is 5.94. The van der Waals surface area contributed by atoms with Gasteiger partial charge in [-0.2, -0.15) is 0 Å². The second-order valence-electron chi connectivity index (χ2n) is 8.20. The number of fused-ring (bicyclic) bond motifs is 8. The van der Waals surface area contributed by atoms with Crippen LogP contribution in [-0.4, -0.2) is 4.57 Å². The lowest BCUT2D eigenvalue weighted by atomic mass is 9.62. The first-order valence-corrected chi connectivity index (χ1v) is 10.5. The molecule has 5 aromatic rings. The van der Waals surface area contributed by atoms with Crippen molar-refractivity contribution in [3.8, 4) is 5.69 Å². The summed E-state index contributed by atoms with van der Waals surface area (Å²) in [5.41, 5.74) is 10.1. The van der Waals surface area contributed by atoms with Gasteiger partial charge >= 0.3 is 0 Å². The van der Waals surface area contributed by atoms with Crippen molar-refractivity contribution < 1.29 is 0 Å². The van der Waals surface area contributed by atoms with Gasteiger partial charge < -0.3 is 4.57 Å². The van der Waals surface area contributed by atoms with Crippen molar-refractivity contribution in [2.45, 2.75) is 5.41 Å². The van der Waals surface area contributed by atoms with Crippen LogP contribution in [0.4, 0.5) is 0 Å². The first kappa shape index (κ1) is 16.0. The average Bonchev–Trinajstić information content (AvgIpc) is 3.19. The number of rotatable bonds is 0. The van der Waals surface area contributed by atoms with E-state index in [2.05, 4.69) is 120 Å². The van der Waals surface area contributed by atoms with E-state index in [4.69, 9.17) is 0 Å². The number of nitrogens with zero attached hydrogens (tertiary/aromatic N) is 1. The number of para-hydroxylation sites is 2. The first-order chi connectivity index (χ1) is 14.9. The molecule has 1 spiro atoms. The molecule has 0 amide bonds. The van der Waals surface area contributed by atoms with E-state index >= 15 is 0 Å². The highest BCUT2D eigenvalue weighted by atomic mass is 15.0. The van der Waals surface area contributed by atoms with Crippen LogP contribution < -0.4 is 0 Å². The molecule has 0 N–H and O–H groups in total. The third kappa shape index (κ3) is 1.79. The van der Waals surface area contributed by atoms with Gasteiger partial charge in [-0.05, 0) is 45.5 Å². The Morgan fingerprint density at radius 2 is 1.10 bits per heavy atom. The van der Waals surface area contributed by atoms with Crippen LogP contribution in [0.25, 0.3) is 28.7 Å². The number of aromatic nitrogens is 1. The smallest absolute Gasteiger partial charge is 0.0754 e. The molecule has 0 unspecified atom stereocenters. The van der Waals surface area contributed by atoms with E-state index in [0.29, 0.717) is 0 Å². The van der Waals surface area contributed by atoms with E-state index < -0.39 is 0 Å². The normalized spacial score (nSPS) is 14.8. The Labute approximate surface area is 175 Å². The van der Waals surface area contributed by atoms with E-state index in [9.17, 15) is 0 Å². The van der Waals surface area contributed by atoms with Crippen molar-refractivity contribution in [2.75, 3.05) is 0 Å². The molecule has 1 aliphatic heterocycles. The fourth-order valence-electron chi connectivity index (χ4n) is 5.72. The predicted molar refractivity (Wildman–Crippen MR) is 124 cm³/mol. The Hall–Kier alpha value is -3.84. The fourth-order valence-corrected chi connectivity index (χ4v) is 5.72. The Kier molecular flexibility index (Phi) is 2.99. The molecule has 30 heavy (non-hydrogen) atoms. The molecular formula is C29H19N. The van der Waals surface area contributed by atoms with Crippen LogP contribution in [0.2, 0.25) is 0 Å². The summed E-state index contributed by atoms with van der Waals surface area (Å²) < 4.78 is 2.37. The molecule has 1 heteroatoms. The van der Waals surface area contributed by atoms with Gasteiger partial charge in [0, 0.05) is 11.6 Å². The molecule has 140 valence electrons. The molecule has 1 nitrogen and oxygen atoms in total. The number of hydrogen-bond donors (Lipinski definition) is 0. The van der Waals surface area contributed by atoms with Crippen LogP contribution in [0.1, 0.15) is 33.4 Å². The van der Waals surface area contributed by atoms with Crippen LogP contribution in [0.3, 0.4) is 0 Å². The Bertz CT molecular complexity index is 1450. The van der Waals surface area contributed by atoms with Gasteiger partial charge in [0.2, 0.25) is 0 Å². The van der Waals surface area contributed by atoms with Gasteiger partial charge in [0.1, 0.15) is 0 Å². The van der Waals surface area contributed by atoms with Crippen molar-refractivity contribution >= 4 is 23.1 Å². The van der Waals surface area contributed by atoms with Crippen LogP contribution in [0.5, 0.6) is 0 Å². The summed E-state index contributed by atoms with van der Waals surface area (Å²) in [4.78, 5) is 0. The van der Waals surface area contributed by atoms with E-state index in [1.165, 1.54) is 50.0 Å². The van der Waals surface area contributed by atoms with Gasteiger partial charge in [-0.15, -0.1) is 0 Å². The standard InChI is InChI=1S/C29H19N/c1-3-11-23-20(8-1)16-17-21-9-2-4-12-24(21)29(23)25-13-5-6-15-27(25)30-19-18-22-10-7-14-26(29)28(22)30/h1-19H. The first-order valence-electron chi connectivity index (χ1n) is 10.5. The number of benzene rings is 4. The van der Waals surface area contributed by atoms with E-state index in [1.807, 2.05) is 0 Å². The summed E-state index contributed by atoms with van der Waals surface area (Å²) in [5, 5.41) is 1.29. The Balaban J connectivity index is 1.80. The molecule has 7 rings (SSSR count). The number of hydrogen-bond acceptors (Lipinski definition) is 0. The summed E-state index contributed by atoms with van der Waals surface area (Å²) in [7, 11) is 0. The third-order valence-corrected chi connectivity index (χ3v) is 6.85. The lowest BCUT2D eigenvalue weighted by molar-refractivity contribution is 0.723. The third-order valence-electron chi connectivity index (χ3n) is 6.85. The maximum Gasteiger partial charge on any atom is 0.0754 e. The van der Waals surface area contributed by atoms with E-state index in [1.54, 1.807) is 0 Å². The molecule has 0 saturated heterocycles. The summed E-state index contributed by atoms with van der Waals surface area (Å²) >= 11 is 0. The molecule has 1 aliphatic carbocycles. The molecule has 2 heterocycles. The van der Waals surface area contributed by atoms with Gasteiger partial charge in [-0.25, -0.2) is 0 Å². The topological polar surface area (TPSA) is 4.93 Å². The lowest BCUT2D eigenvalue weighted by Crippen LogP contribution is -2.36. The summed E-state index contributed by atoms with van der Waals surface area (Å²) in [6.45, 7) is 0. The lowest BCUT2D eigenvalue weighted by Gasteiger charge is -2.42. The molecule has 0 saturated carbocycles. The second-order valence-corrected chi connectivity index (χ2v) is 8.20. The Morgan fingerprint density at radius 3 is 1.83 bits per heavy atom. The minimum atomic E-state index is -0.360. The van der Waals surface area contributed by atoms with Crippen LogP contribution in [0, 0.1) is 0 Å². The van der Waals surface area contributed by atoms with Crippen molar-refractivity contribution in [2.24, 2.45) is 0 Å². The average molecular weight is 381 g/mol. The van der Waals surface area contributed by atoms with E-state index in [-0.39, 0.29) is 5.41 Å². The van der Waals surface area contributed by atoms with Crippen molar-refractivity contribution in [1.82, 2.24) is 4.57 Å². The zero-order valence-corrected chi connectivity index (χ0v) is 16.4. The molecule has 0 fully saturated rings. The van der Waals surface area contributed by atoms with E-state index in [0.717, 1.165) is 0 Å². The minimum Gasteiger partial charge on any atom is -0.316 e. The quantitative estimate of drug-likeness (QED) is 0.272. The van der Waals surface area contributed by atoms with Gasteiger partial charge in [0.25, 0.3) is 0 Å². The fraction of sp³-hybridized carbons (Fsp3) is 0.0345. The van der Waals surface area contributed by atoms with Crippen LogP contribution >= 0.6 is 0 Å². The predicted octanol–water partition coefficient (Wildman–Crippen LogP) is 6.81. The highest BCUT2D eigenvalue weighted by Crippen LogP contribution is 2.55. The van der Waals surface area contributed by atoms with Gasteiger partial charge in [-0.1, -0.05) is 97.1 Å². The monoisotopic (exact) mass is 381 g/mol.